The van der Waals surface area contributed by atoms with E-state index in [4.69, 9.17) is 9.73 Å². The van der Waals surface area contributed by atoms with Crippen molar-refractivity contribution in [2.45, 2.75) is 33.6 Å². The number of nitrogens with zero attached hydrogens (tertiary/aromatic N) is 2. The number of methoxy groups -OCH3 is 1. The Hall–Kier alpha value is -3.34. The number of rotatable bonds is 6. The normalized spacial score (nSPS) is 11.5. The Morgan fingerprint density at radius 2 is 1.72 bits per heavy atom. The van der Waals surface area contributed by atoms with Gasteiger partial charge in [0, 0.05) is 17.4 Å². The predicted octanol–water partition coefficient (Wildman–Crippen LogP) is 5.09. The van der Waals surface area contributed by atoms with E-state index in [1.807, 2.05) is 50.2 Å². The summed E-state index contributed by atoms with van der Waals surface area (Å²) in [5.41, 5.74) is 3.80. The highest BCUT2D eigenvalue weighted by Gasteiger charge is 2.18. The van der Waals surface area contributed by atoms with Crippen LogP contribution in [0.15, 0.2) is 64.4 Å². The molecule has 150 valence electrons. The summed E-state index contributed by atoms with van der Waals surface area (Å²) in [6.45, 7) is 5.84. The van der Waals surface area contributed by atoms with Crippen LogP contribution in [0.3, 0.4) is 0 Å². The van der Waals surface area contributed by atoms with E-state index in [2.05, 4.69) is 0 Å². The molecule has 0 fully saturated rings. The first-order valence-electron chi connectivity index (χ1n) is 9.69. The smallest absolute Gasteiger partial charge is 0.268 e. The number of hydrogen-bond acceptors (Lipinski definition) is 4. The molecule has 0 bridgehead atoms. The highest BCUT2D eigenvalue weighted by atomic mass is 16.5. The van der Waals surface area contributed by atoms with Crippen LogP contribution in [0.2, 0.25) is 0 Å². The van der Waals surface area contributed by atoms with Crippen LogP contribution < -0.4 is 10.3 Å². The zero-order chi connectivity index (χ0) is 21.0. The zero-order valence-corrected chi connectivity index (χ0v) is 17.3. The standard InChI is InChI=1S/C24H26N2O3/c1-5-6-21(25-18-9-7-16(2)8-10-18)23-22(27)15-17(3)26(24(23)28)19-11-13-20(29-4)14-12-19/h7-15,27H,5-6H2,1-4H3. The molecule has 0 aliphatic heterocycles. The van der Waals surface area contributed by atoms with Crippen molar-refractivity contribution in [2.24, 2.45) is 4.99 Å². The quantitative estimate of drug-likeness (QED) is 0.596. The van der Waals surface area contributed by atoms with Crippen LogP contribution in [0, 0.1) is 13.8 Å². The molecule has 0 aliphatic rings. The lowest BCUT2D eigenvalue weighted by atomic mass is 10.0. The first-order valence-corrected chi connectivity index (χ1v) is 9.69. The van der Waals surface area contributed by atoms with Gasteiger partial charge in [-0.2, -0.15) is 0 Å². The molecule has 2 aromatic carbocycles. The van der Waals surface area contributed by atoms with E-state index in [1.54, 1.807) is 36.8 Å². The van der Waals surface area contributed by atoms with Crippen LogP contribution in [-0.4, -0.2) is 22.5 Å². The number of ether oxygens (including phenoxy) is 1. The van der Waals surface area contributed by atoms with Crippen LogP contribution in [0.25, 0.3) is 5.69 Å². The predicted molar refractivity (Wildman–Crippen MR) is 117 cm³/mol. The molecule has 5 heteroatoms. The molecule has 0 saturated carbocycles. The zero-order valence-electron chi connectivity index (χ0n) is 17.3. The number of aromatic hydroxyl groups is 1. The molecule has 3 rings (SSSR count). The van der Waals surface area contributed by atoms with Crippen LogP contribution >= 0.6 is 0 Å². The minimum atomic E-state index is -0.285. The molecule has 0 aliphatic carbocycles. The average Bonchev–Trinajstić information content (AvgIpc) is 2.70. The fraction of sp³-hybridized carbons (Fsp3) is 0.250. The summed E-state index contributed by atoms with van der Waals surface area (Å²) in [5, 5.41) is 10.6. The number of aromatic nitrogens is 1. The molecule has 0 radical (unpaired) electrons. The monoisotopic (exact) mass is 390 g/mol. The summed E-state index contributed by atoms with van der Waals surface area (Å²) in [4.78, 5) is 18.1. The maximum atomic E-state index is 13.4. The van der Waals surface area contributed by atoms with Gasteiger partial charge in [0.15, 0.2) is 0 Å². The van der Waals surface area contributed by atoms with Gasteiger partial charge in [-0.05, 0) is 56.7 Å². The maximum absolute atomic E-state index is 13.4. The van der Waals surface area contributed by atoms with Crippen molar-refractivity contribution in [1.82, 2.24) is 4.57 Å². The van der Waals surface area contributed by atoms with Crippen molar-refractivity contribution in [3.8, 4) is 17.2 Å². The first-order chi connectivity index (χ1) is 13.9. The summed E-state index contributed by atoms with van der Waals surface area (Å²) >= 11 is 0. The van der Waals surface area contributed by atoms with Crippen molar-refractivity contribution in [3.05, 3.63) is 81.8 Å². The van der Waals surface area contributed by atoms with Gasteiger partial charge in [0.25, 0.3) is 5.56 Å². The van der Waals surface area contributed by atoms with E-state index in [9.17, 15) is 9.90 Å². The fourth-order valence-electron chi connectivity index (χ4n) is 3.29. The van der Waals surface area contributed by atoms with Gasteiger partial charge in [-0.3, -0.25) is 14.4 Å². The Kier molecular flexibility index (Phi) is 6.17. The van der Waals surface area contributed by atoms with E-state index in [1.165, 1.54) is 0 Å². The third-order valence-electron chi connectivity index (χ3n) is 4.78. The van der Waals surface area contributed by atoms with E-state index in [0.717, 1.165) is 17.7 Å². The number of pyridine rings is 1. The Balaban J connectivity index is 2.18. The Morgan fingerprint density at radius 1 is 1.07 bits per heavy atom. The second-order valence-corrected chi connectivity index (χ2v) is 7.03. The number of hydrogen-bond donors (Lipinski definition) is 1. The average molecular weight is 390 g/mol. The van der Waals surface area contributed by atoms with E-state index in [-0.39, 0.29) is 16.9 Å². The van der Waals surface area contributed by atoms with Crippen molar-refractivity contribution in [2.75, 3.05) is 7.11 Å². The molecule has 0 atom stereocenters. The van der Waals surface area contributed by atoms with Crippen molar-refractivity contribution < 1.29 is 9.84 Å². The second kappa shape index (κ2) is 8.78. The Labute approximate surface area is 170 Å². The summed E-state index contributed by atoms with van der Waals surface area (Å²) in [6.07, 6.45) is 1.39. The van der Waals surface area contributed by atoms with E-state index >= 15 is 0 Å². The number of aliphatic imine (C=N–C) groups is 1. The lowest BCUT2D eigenvalue weighted by Crippen LogP contribution is -2.27. The fourth-order valence-corrected chi connectivity index (χ4v) is 3.29. The molecule has 1 aromatic heterocycles. The molecular weight excluding hydrogens is 364 g/mol. The summed E-state index contributed by atoms with van der Waals surface area (Å²) in [5.74, 6) is 0.669. The van der Waals surface area contributed by atoms with Crippen LogP contribution in [-0.2, 0) is 0 Å². The molecule has 0 unspecified atom stereocenters. The lowest BCUT2D eigenvalue weighted by Gasteiger charge is -2.15. The molecule has 0 spiro atoms. The topological polar surface area (TPSA) is 63.8 Å². The Morgan fingerprint density at radius 3 is 2.31 bits per heavy atom. The summed E-state index contributed by atoms with van der Waals surface area (Å²) in [6, 6.07) is 16.7. The molecule has 5 nitrogen and oxygen atoms in total. The summed E-state index contributed by atoms with van der Waals surface area (Å²) < 4.78 is 6.80. The minimum absolute atomic E-state index is 0.0448. The van der Waals surface area contributed by atoms with Gasteiger partial charge in [0.1, 0.15) is 17.1 Å². The van der Waals surface area contributed by atoms with Gasteiger partial charge in [-0.1, -0.05) is 31.0 Å². The molecule has 3 aromatic rings. The lowest BCUT2D eigenvalue weighted by molar-refractivity contribution is 0.414. The Bertz CT molecular complexity index is 1080. The number of aryl methyl sites for hydroxylation is 2. The van der Waals surface area contributed by atoms with Gasteiger partial charge in [-0.25, -0.2) is 0 Å². The maximum Gasteiger partial charge on any atom is 0.268 e. The van der Waals surface area contributed by atoms with Crippen LogP contribution in [0.4, 0.5) is 5.69 Å². The van der Waals surface area contributed by atoms with E-state index in [0.29, 0.717) is 29.3 Å². The highest BCUT2D eigenvalue weighted by Crippen LogP contribution is 2.24. The van der Waals surface area contributed by atoms with Gasteiger partial charge < -0.3 is 9.84 Å². The highest BCUT2D eigenvalue weighted by molar-refractivity contribution is 6.04. The molecule has 1 heterocycles. The van der Waals surface area contributed by atoms with Gasteiger partial charge in [-0.15, -0.1) is 0 Å². The van der Waals surface area contributed by atoms with Crippen LogP contribution in [0.5, 0.6) is 11.5 Å². The SMILES string of the molecule is CCCC(=Nc1ccc(C)cc1)c1c(O)cc(C)n(-c2ccc(OC)cc2)c1=O. The van der Waals surface area contributed by atoms with Crippen molar-refractivity contribution in [3.63, 3.8) is 0 Å². The van der Waals surface area contributed by atoms with Crippen LogP contribution in [0.1, 0.15) is 36.6 Å². The molecule has 1 N–H and O–H groups in total. The third kappa shape index (κ3) is 4.40. The second-order valence-electron chi connectivity index (χ2n) is 7.03. The van der Waals surface area contributed by atoms with Gasteiger partial charge >= 0.3 is 0 Å². The molecule has 29 heavy (non-hydrogen) atoms. The van der Waals surface area contributed by atoms with Crippen molar-refractivity contribution in [1.29, 1.82) is 0 Å². The summed E-state index contributed by atoms with van der Waals surface area (Å²) in [7, 11) is 1.60. The molecule has 0 saturated heterocycles. The van der Waals surface area contributed by atoms with E-state index < -0.39 is 0 Å². The first kappa shape index (κ1) is 20.4. The minimum Gasteiger partial charge on any atom is -0.507 e. The van der Waals surface area contributed by atoms with Gasteiger partial charge in [0.2, 0.25) is 0 Å². The van der Waals surface area contributed by atoms with Crippen molar-refractivity contribution >= 4 is 11.4 Å². The number of benzene rings is 2. The molecular formula is C24H26N2O3. The largest absolute Gasteiger partial charge is 0.507 e. The third-order valence-corrected chi connectivity index (χ3v) is 4.78. The molecule has 0 amide bonds. The van der Waals surface area contributed by atoms with Gasteiger partial charge in [0.05, 0.1) is 18.5 Å².